The van der Waals surface area contributed by atoms with E-state index in [1.807, 2.05) is 0 Å². The molecule has 0 bridgehead atoms. The molecule has 1 fully saturated rings. The summed E-state index contributed by atoms with van der Waals surface area (Å²) in [6, 6.07) is 4.51. The van der Waals surface area contributed by atoms with Crippen molar-refractivity contribution in [2.75, 3.05) is 6.54 Å². The van der Waals surface area contributed by atoms with Crippen LogP contribution < -0.4 is 0 Å². The van der Waals surface area contributed by atoms with Gasteiger partial charge >= 0.3 is 5.97 Å². The zero-order valence-corrected chi connectivity index (χ0v) is 14.7. The van der Waals surface area contributed by atoms with Gasteiger partial charge in [0.2, 0.25) is 0 Å². The van der Waals surface area contributed by atoms with Gasteiger partial charge in [0.15, 0.2) is 0 Å². The average molecular weight is 364 g/mol. The summed E-state index contributed by atoms with van der Waals surface area (Å²) in [6.45, 7) is 4.47. The lowest BCUT2D eigenvalue weighted by atomic mass is 10.1. The van der Waals surface area contributed by atoms with E-state index in [1.165, 1.54) is 12.1 Å². The number of imide groups is 1. The Balaban J connectivity index is 2.21. The summed E-state index contributed by atoms with van der Waals surface area (Å²) in [6.07, 6.45) is 1.04. The van der Waals surface area contributed by atoms with Crippen LogP contribution in [0.5, 0.6) is 0 Å². The predicted molar refractivity (Wildman–Crippen MR) is 91.7 cm³/mol. The lowest BCUT2D eigenvalue weighted by Gasteiger charge is -2.13. The number of aryl methyl sites for hydroxylation is 1. The molecule has 0 atom stereocenters. The number of nitrogens with zero attached hydrogens (tertiary/aromatic N) is 2. The smallest absolute Gasteiger partial charge is 0.326 e. The van der Waals surface area contributed by atoms with Crippen LogP contribution in [0.15, 0.2) is 23.1 Å². The SMILES string of the molecule is Cc1ccc(/C=C2/SC(=O)N(CC(=O)OC(C)C)C2=O)cc1[N+](=O)[O-]. The molecule has 1 aromatic carbocycles. The van der Waals surface area contributed by atoms with Crippen LogP contribution in [-0.4, -0.2) is 39.6 Å². The Hall–Kier alpha value is -2.68. The Kier molecular flexibility index (Phi) is 5.58. The van der Waals surface area contributed by atoms with Crippen molar-refractivity contribution in [3.63, 3.8) is 0 Å². The Morgan fingerprint density at radius 3 is 2.68 bits per heavy atom. The van der Waals surface area contributed by atoms with Crippen molar-refractivity contribution >= 4 is 40.6 Å². The molecule has 1 saturated heterocycles. The molecule has 8 nitrogen and oxygen atoms in total. The maximum atomic E-state index is 12.3. The summed E-state index contributed by atoms with van der Waals surface area (Å²) in [5.74, 6) is -1.30. The monoisotopic (exact) mass is 364 g/mol. The number of carbonyl (C=O) groups is 3. The van der Waals surface area contributed by atoms with E-state index in [-0.39, 0.29) is 16.7 Å². The summed E-state index contributed by atoms with van der Waals surface area (Å²) >= 11 is 0.677. The van der Waals surface area contributed by atoms with Gasteiger partial charge in [-0.2, -0.15) is 0 Å². The molecule has 0 spiro atoms. The second kappa shape index (κ2) is 7.47. The first-order valence-electron chi connectivity index (χ1n) is 7.39. The van der Waals surface area contributed by atoms with Crippen molar-refractivity contribution in [2.24, 2.45) is 0 Å². The van der Waals surface area contributed by atoms with Crippen molar-refractivity contribution in [3.05, 3.63) is 44.3 Å². The van der Waals surface area contributed by atoms with Crippen molar-refractivity contribution in [3.8, 4) is 0 Å². The zero-order valence-electron chi connectivity index (χ0n) is 13.8. The van der Waals surface area contributed by atoms with Crippen LogP contribution in [0.1, 0.15) is 25.0 Å². The summed E-state index contributed by atoms with van der Waals surface area (Å²) in [4.78, 5) is 47.3. The van der Waals surface area contributed by atoms with E-state index in [0.717, 1.165) is 4.90 Å². The first-order chi connectivity index (χ1) is 11.7. The highest BCUT2D eigenvalue weighted by atomic mass is 32.2. The number of nitro groups is 1. The van der Waals surface area contributed by atoms with Gasteiger partial charge in [0.05, 0.1) is 15.9 Å². The van der Waals surface area contributed by atoms with Gasteiger partial charge in [0, 0.05) is 11.6 Å². The van der Waals surface area contributed by atoms with Crippen LogP contribution in [-0.2, 0) is 14.3 Å². The van der Waals surface area contributed by atoms with Gasteiger partial charge < -0.3 is 4.74 Å². The first-order valence-corrected chi connectivity index (χ1v) is 8.20. The third-order valence-corrected chi connectivity index (χ3v) is 4.16. The van der Waals surface area contributed by atoms with Gasteiger partial charge in [-0.15, -0.1) is 0 Å². The highest BCUT2D eigenvalue weighted by Gasteiger charge is 2.36. The molecule has 2 amide bonds. The third kappa shape index (κ3) is 4.44. The fourth-order valence-electron chi connectivity index (χ4n) is 2.13. The molecule has 1 aliphatic rings. The fourth-order valence-corrected chi connectivity index (χ4v) is 2.97. The quantitative estimate of drug-likeness (QED) is 0.342. The molecule has 9 heteroatoms. The summed E-state index contributed by atoms with van der Waals surface area (Å²) in [7, 11) is 0. The second-order valence-electron chi connectivity index (χ2n) is 5.61. The van der Waals surface area contributed by atoms with Crippen LogP contribution in [0.25, 0.3) is 6.08 Å². The summed E-state index contributed by atoms with van der Waals surface area (Å²) in [5, 5.41) is 10.4. The normalized spacial score (nSPS) is 16.0. The molecule has 1 heterocycles. The molecular weight excluding hydrogens is 348 g/mol. The largest absolute Gasteiger partial charge is 0.462 e. The molecule has 0 N–H and O–H groups in total. The third-order valence-electron chi connectivity index (χ3n) is 3.26. The van der Waals surface area contributed by atoms with Crippen LogP contribution >= 0.6 is 11.8 Å². The molecule has 0 radical (unpaired) electrons. The number of rotatable bonds is 5. The van der Waals surface area contributed by atoms with E-state index in [4.69, 9.17) is 4.74 Å². The average Bonchev–Trinajstić information content (AvgIpc) is 2.75. The van der Waals surface area contributed by atoms with Crippen LogP contribution in [0.4, 0.5) is 10.5 Å². The number of esters is 1. The van der Waals surface area contributed by atoms with Crippen molar-refractivity contribution in [2.45, 2.75) is 26.9 Å². The second-order valence-corrected chi connectivity index (χ2v) is 6.60. The number of nitro benzene ring substituents is 1. The number of hydrogen-bond acceptors (Lipinski definition) is 7. The molecule has 0 aliphatic carbocycles. The Morgan fingerprint density at radius 2 is 2.08 bits per heavy atom. The zero-order chi connectivity index (χ0) is 18.7. The van der Waals surface area contributed by atoms with Gasteiger partial charge in [0.25, 0.3) is 16.8 Å². The molecule has 1 aliphatic heterocycles. The van der Waals surface area contributed by atoms with Gasteiger partial charge in [-0.25, -0.2) is 0 Å². The molecule has 132 valence electrons. The van der Waals surface area contributed by atoms with Crippen LogP contribution in [0.3, 0.4) is 0 Å². The molecule has 0 unspecified atom stereocenters. The topological polar surface area (TPSA) is 107 Å². The van der Waals surface area contributed by atoms with Gasteiger partial charge in [0.1, 0.15) is 6.54 Å². The van der Waals surface area contributed by atoms with Crippen molar-refractivity contribution in [1.29, 1.82) is 0 Å². The van der Waals surface area contributed by atoms with Gasteiger partial charge in [-0.3, -0.25) is 29.4 Å². The molecule has 0 saturated carbocycles. The number of carbonyl (C=O) groups excluding carboxylic acids is 3. The van der Waals surface area contributed by atoms with Gasteiger partial charge in [-0.05, 0) is 44.2 Å². The first kappa shape index (κ1) is 18.7. The predicted octanol–water partition coefficient (Wildman–Crippen LogP) is 2.89. The lowest BCUT2D eigenvalue weighted by Crippen LogP contribution is -2.35. The maximum absolute atomic E-state index is 12.3. The number of ether oxygens (including phenoxy) is 1. The minimum atomic E-state index is -0.676. The molecule has 2 rings (SSSR count). The Labute approximate surface area is 148 Å². The van der Waals surface area contributed by atoms with Crippen LogP contribution in [0, 0.1) is 17.0 Å². The lowest BCUT2D eigenvalue weighted by molar-refractivity contribution is -0.385. The number of thioether (sulfide) groups is 1. The molecule has 0 aromatic heterocycles. The van der Waals surface area contributed by atoms with E-state index in [9.17, 15) is 24.5 Å². The van der Waals surface area contributed by atoms with Crippen molar-refractivity contribution in [1.82, 2.24) is 4.90 Å². The highest BCUT2D eigenvalue weighted by molar-refractivity contribution is 8.18. The summed E-state index contributed by atoms with van der Waals surface area (Å²) < 4.78 is 4.93. The number of benzene rings is 1. The molecule has 25 heavy (non-hydrogen) atoms. The number of amides is 2. The minimum absolute atomic E-state index is 0.0755. The van der Waals surface area contributed by atoms with Crippen molar-refractivity contribution < 1.29 is 24.0 Å². The van der Waals surface area contributed by atoms with Gasteiger partial charge in [-0.1, -0.05) is 12.1 Å². The molecular formula is C16H16N2O6S. The standard InChI is InChI=1S/C16H16N2O6S/c1-9(2)24-14(19)8-17-15(20)13(25-16(17)21)7-11-5-4-10(3)12(6-11)18(22)23/h4-7,9H,8H2,1-3H3/b13-7+. The Morgan fingerprint density at radius 1 is 1.40 bits per heavy atom. The maximum Gasteiger partial charge on any atom is 0.326 e. The Bertz CT molecular complexity index is 787. The number of hydrogen-bond donors (Lipinski definition) is 0. The van der Waals surface area contributed by atoms with E-state index < -0.39 is 28.6 Å². The fraction of sp³-hybridized carbons (Fsp3) is 0.312. The minimum Gasteiger partial charge on any atom is -0.462 e. The van der Waals surface area contributed by atoms with E-state index >= 15 is 0 Å². The van der Waals surface area contributed by atoms with E-state index in [2.05, 4.69) is 0 Å². The van der Waals surface area contributed by atoms with Crippen LogP contribution in [0.2, 0.25) is 0 Å². The highest BCUT2D eigenvalue weighted by Crippen LogP contribution is 2.33. The van der Waals surface area contributed by atoms with E-state index in [1.54, 1.807) is 32.9 Å². The summed E-state index contributed by atoms with van der Waals surface area (Å²) in [5.41, 5.74) is 0.840. The van der Waals surface area contributed by atoms with E-state index in [0.29, 0.717) is 22.9 Å². The molecule has 1 aromatic rings.